The van der Waals surface area contributed by atoms with E-state index in [4.69, 9.17) is 4.74 Å². The van der Waals surface area contributed by atoms with E-state index in [-0.39, 0.29) is 5.60 Å². The lowest BCUT2D eigenvalue weighted by Crippen LogP contribution is -2.53. The topological polar surface area (TPSA) is 21.3 Å². The standard InChI is InChI=1S/C14H29NO/c1-4-9-13(15-12-5-2)14(16-3)10-7-6-8-11-14/h13,15H,4-12H2,1-3H3. The van der Waals surface area contributed by atoms with Crippen LogP contribution in [0.2, 0.25) is 0 Å². The van der Waals surface area contributed by atoms with Gasteiger partial charge in [0.05, 0.1) is 5.60 Å². The zero-order chi connectivity index (χ0) is 11.9. The number of ether oxygens (including phenoxy) is 1. The minimum Gasteiger partial charge on any atom is -0.377 e. The summed E-state index contributed by atoms with van der Waals surface area (Å²) >= 11 is 0. The van der Waals surface area contributed by atoms with Crippen LogP contribution < -0.4 is 5.32 Å². The molecule has 1 fully saturated rings. The molecule has 2 nitrogen and oxygen atoms in total. The minimum atomic E-state index is 0.128. The molecule has 0 amide bonds. The van der Waals surface area contributed by atoms with Crippen molar-refractivity contribution in [3.05, 3.63) is 0 Å². The monoisotopic (exact) mass is 227 g/mol. The highest BCUT2D eigenvalue weighted by Gasteiger charge is 2.38. The van der Waals surface area contributed by atoms with Crippen molar-refractivity contribution in [3.8, 4) is 0 Å². The molecule has 96 valence electrons. The molecule has 1 aliphatic rings. The van der Waals surface area contributed by atoms with Crippen LogP contribution in [0.25, 0.3) is 0 Å². The van der Waals surface area contributed by atoms with Crippen LogP contribution in [0.4, 0.5) is 0 Å². The average Bonchev–Trinajstić information content (AvgIpc) is 2.35. The largest absolute Gasteiger partial charge is 0.377 e. The Kier molecular flexibility index (Phi) is 6.37. The lowest BCUT2D eigenvalue weighted by molar-refractivity contribution is -0.0693. The van der Waals surface area contributed by atoms with Crippen LogP contribution in [-0.4, -0.2) is 25.3 Å². The van der Waals surface area contributed by atoms with Gasteiger partial charge in [0.1, 0.15) is 0 Å². The molecule has 0 aromatic carbocycles. The smallest absolute Gasteiger partial charge is 0.0830 e. The SMILES string of the molecule is CCCNC(CCC)C1(OC)CCCCC1. The molecule has 0 bridgehead atoms. The van der Waals surface area contributed by atoms with Crippen LogP contribution in [0, 0.1) is 0 Å². The van der Waals surface area contributed by atoms with E-state index in [1.165, 1.54) is 51.4 Å². The van der Waals surface area contributed by atoms with Gasteiger partial charge in [-0.1, -0.05) is 39.5 Å². The average molecular weight is 227 g/mol. The molecule has 0 aromatic heterocycles. The fourth-order valence-electron chi connectivity index (χ4n) is 3.00. The fourth-order valence-corrected chi connectivity index (χ4v) is 3.00. The van der Waals surface area contributed by atoms with Crippen molar-refractivity contribution in [1.82, 2.24) is 5.32 Å². The van der Waals surface area contributed by atoms with E-state index >= 15 is 0 Å². The highest BCUT2D eigenvalue weighted by molar-refractivity contribution is 4.95. The van der Waals surface area contributed by atoms with Crippen LogP contribution in [-0.2, 0) is 4.74 Å². The van der Waals surface area contributed by atoms with Crippen LogP contribution in [0.1, 0.15) is 65.2 Å². The van der Waals surface area contributed by atoms with E-state index in [2.05, 4.69) is 19.2 Å². The Morgan fingerprint density at radius 3 is 2.31 bits per heavy atom. The second-order valence-electron chi connectivity index (χ2n) is 5.12. The highest BCUT2D eigenvalue weighted by atomic mass is 16.5. The van der Waals surface area contributed by atoms with Gasteiger partial charge >= 0.3 is 0 Å². The molecule has 1 atom stereocenters. The van der Waals surface area contributed by atoms with Crippen LogP contribution in [0.15, 0.2) is 0 Å². The molecule has 0 saturated heterocycles. The summed E-state index contributed by atoms with van der Waals surface area (Å²) < 4.78 is 5.93. The Bertz CT molecular complexity index is 176. The Hall–Kier alpha value is -0.0800. The summed E-state index contributed by atoms with van der Waals surface area (Å²) in [5, 5.41) is 3.71. The third-order valence-corrected chi connectivity index (χ3v) is 3.96. The van der Waals surface area contributed by atoms with Crippen LogP contribution in [0.5, 0.6) is 0 Å². The summed E-state index contributed by atoms with van der Waals surface area (Å²) in [5.41, 5.74) is 0.128. The van der Waals surface area contributed by atoms with Crippen molar-refractivity contribution >= 4 is 0 Å². The van der Waals surface area contributed by atoms with Crippen LogP contribution >= 0.6 is 0 Å². The van der Waals surface area contributed by atoms with Crippen molar-refractivity contribution in [2.75, 3.05) is 13.7 Å². The first-order valence-corrected chi connectivity index (χ1v) is 7.07. The summed E-state index contributed by atoms with van der Waals surface area (Å²) in [6.45, 7) is 5.62. The lowest BCUT2D eigenvalue weighted by Gasteiger charge is -2.43. The molecule has 0 spiro atoms. The number of methoxy groups -OCH3 is 1. The van der Waals surface area contributed by atoms with Gasteiger partial charge in [0.15, 0.2) is 0 Å². The normalized spacial score (nSPS) is 21.9. The van der Waals surface area contributed by atoms with Gasteiger partial charge in [-0.05, 0) is 32.2 Å². The number of hydrogen-bond acceptors (Lipinski definition) is 2. The molecule has 0 heterocycles. The summed E-state index contributed by atoms with van der Waals surface area (Å²) in [4.78, 5) is 0. The van der Waals surface area contributed by atoms with Crippen molar-refractivity contribution in [2.24, 2.45) is 0 Å². The first-order valence-electron chi connectivity index (χ1n) is 7.07. The first-order chi connectivity index (χ1) is 7.79. The zero-order valence-corrected chi connectivity index (χ0v) is 11.3. The van der Waals surface area contributed by atoms with Gasteiger partial charge in [-0.25, -0.2) is 0 Å². The first kappa shape index (κ1) is 14.0. The van der Waals surface area contributed by atoms with E-state index in [0.717, 1.165) is 6.54 Å². The van der Waals surface area contributed by atoms with Gasteiger partial charge in [0.2, 0.25) is 0 Å². The third kappa shape index (κ3) is 3.46. The second-order valence-corrected chi connectivity index (χ2v) is 5.12. The fraction of sp³-hybridized carbons (Fsp3) is 1.00. The maximum atomic E-state index is 5.93. The number of nitrogens with one attached hydrogen (secondary N) is 1. The Morgan fingerprint density at radius 2 is 1.81 bits per heavy atom. The molecule has 16 heavy (non-hydrogen) atoms. The van der Waals surface area contributed by atoms with E-state index in [9.17, 15) is 0 Å². The Balaban J connectivity index is 2.62. The van der Waals surface area contributed by atoms with E-state index in [1.807, 2.05) is 7.11 Å². The van der Waals surface area contributed by atoms with E-state index in [1.54, 1.807) is 0 Å². The summed E-state index contributed by atoms with van der Waals surface area (Å²) in [6, 6.07) is 0.558. The molecule has 2 heteroatoms. The van der Waals surface area contributed by atoms with Gasteiger partial charge in [-0.2, -0.15) is 0 Å². The quantitative estimate of drug-likeness (QED) is 0.718. The summed E-state index contributed by atoms with van der Waals surface area (Å²) in [7, 11) is 1.90. The molecule has 1 rings (SSSR count). The number of hydrogen-bond donors (Lipinski definition) is 1. The predicted octanol–water partition coefficient (Wildman–Crippen LogP) is 3.50. The van der Waals surface area contributed by atoms with E-state index in [0.29, 0.717) is 6.04 Å². The van der Waals surface area contributed by atoms with Gasteiger partial charge < -0.3 is 10.1 Å². The maximum absolute atomic E-state index is 5.93. The van der Waals surface area contributed by atoms with Gasteiger partial charge in [0, 0.05) is 13.2 Å². The van der Waals surface area contributed by atoms with Crippen molar-refractivity contribution in [2.45, 2.75) is 76.9 Å². The highest BCUT2D eigenvalue weighted by Crippen LogP contribution is 2.35. The minimum absolute atomic E-state index is 0.128. The summed E-state index contributed by atoms with van der Waals surface area (Å²) in [5.74, 6) is 0. The zero-order valence-electron chi connectivity index (χ0n) is 11.3. The van der Waals surface area contributed by atoms with Crippen molar-refractivity contribution in [1.29, 1.82) is 0 Å². The number of rotatable bonds is 7. The molecule has 1 unspecified atom stereocenters. The lowest BCUT2D eigenvalue weighted by atomic mass is 9.77. The molecule has 1 aliphatic carbocycles. The maximum Gasteiger partial charge on any atom is 0.0830 e. The molecule has 1 N–H and O–H groups in total. The summed E-state index contributed by atoms with van der Waals surface area (Å²) in [6.07, 6.45) is 10.2. The van der Waals surface area contributed by atoms with Gasteiger partial charge in [-0.3, -0.25) is 0 Å². The second kappa shape index (κ2) is 7.29. The van der Waals surface area contributed by atoms with Crippen molar-refractivity contribution in [3.63, 3.8) is 0 Å². The Morgan fingerprint density at radius 1 is 1.12 bits per heavy atom. The molecule has 1 saturated carbocycles. The molecular weight excluding hydrogens is 198 g/mol. The molecule has 0 radical (unpaired) electrons. The predicted molar refractivity (Wildman–Crippen MR) is 69.8 cm³/mol. The molecular formula is C14H29NO. The van der Waals surface area contributed by atoms with Crippen LogP contribution in [0.3, 0.4) is 0 Å². The Labute approximate surface area is 101 Å². The molecule has 0 aliphatic heterocycles. The van der Waals surface area contributed by atoms with E-state index < -0.39 is 0 Å². The van der Waals surface area contributed by atoms with Gasteiger partial charge in [0.25, 0.3) is 0 Å². The van der Waals surface area contributed by atoms with Gasteiger partial charge in [-0.15, -0.1) is 0 Å². The third-order valence-electron chi connectivity index (χ3n) is 3.96. The molecule has 0 aromatic rings. The van der Waals surface area contributed by atoms with Crippen molar-refractivity contribution < 1.29 is 4.74 Å².